The molecular weight excluding hydrogens is 1290 g/mol. The number of ketones is 4. The third kappa shape index (κ3) is 13.9. The fourth-order valence-corrected chi connectivity index (χ4v) is 14.7. The summed E-state index contributed by atoms with van der Waals surface area (Å²) < 4.78 is 54.3. The molecule has 1 atom stereocenters. The summed E-state index contributed by atoms with van der Waals surface area (Å²) in [6, 6.07) is 68.5. The number of anilines is 1. The molecule has 0 aromatic heterocycles. The summed E-state index contributed by atoms with van der Waals surface area (Å²) in [5.41, 5.74) is -2.44. The Hall–Kier alpha value is -12.1. The molecule has 0 saturated heterocycles. The molecule has 1 heterocycles. The van der Waals surface area contributed by atoms with Crippen LogP contribution in [-0.4, -0.2) is 67.6 Å². The largest absolute Gasteiger partial charge is 0.508 e. The number of phenolic OH excluding ortho intramolecular Hbond substituents is 2. The second-order valence-corrected chi connectivity index (χ2v) is 29.0. The first kappa shape index (κ1) is 67.4. The Morgan fingerprint density at radius 2 is 0.782 bits per heavy atom. The number of para-hydroxylation sites is 1. The van der Waals surface area contributed by atoms with Gasteiger partial charge < -0.3 is 43.7 Å². The summed E-state index contributed by atoms with van der Waals surface area (Å²) in [4.78, 5) is 84.2. The van der Waals surface area contributed by atoms with Crippen LogP contribution in [0.25, 0.3) is 43.4 Å². The maximum absolute atomic E-state index is 16.1. The van der Waals surface area contributed by atoms with Crippen LogP contribution in [0.15, 0.2) is 249 Å². The number of phenols is 2. The molecule has 1 unspecified atom stereocenters. The van der Waals surface area contributed by atoms with Gasteiger partial charge in [-0.15, -0.1) is 0 Å². The quantitative estimate of drug-likeness (QED) is 0.0263. The fraction of sp³-hybridized carbons (Fsp3) is 0.143. The van der Waals surface area contributed by atoms with Gasteiger partial charge in [-0.05, 0) is 245 Å². The van der Waals surface area contributed by atoms with Crippen molar-refractivity contribution in [1.82, 2.24) is 0 Å². The predicted molar refractivity (Wildman–Crippen MR) is 389 cm³/mol. The lowest BCUT2D eigenvalue weighted by atomic mass is 9.91. The summed E-state index contributed by atoms with van der Waals surface area (Å²) in [6.07, 6.45) is 0. The van der Waals surface area contributed by atoms with Crippen LogP contribution in [0, 0.1) is 0 Å². The number of ether oxygens (including phenoxy) is 5. The van der Waals surface area contributed by atoms with Crippen molar-refractivity contribution in [2.24, 2.45) is 0 Å². The average Bonchev–Trinajstić information content (AvgIpc) is 0.728. The van der Waals surface area contributed by atoms with Gasteiger partial charge in [-0.2, -0.15) is 0 Å². The number of rotatable bonds is 21. The topological polar surface area (TPSA) is 227 Å². The first-order valence-corrected chi connectivity index (χ1v) is 34.1. The number of benzene rings is 12. The van der Waals surface area contributed by atoms with Gasteiger partial charge in [0, 0.05) is 39.1 Å². The Morgan fingerprint density at radius 3 is 1.40 bits per heavy atom. The van der Waals surface area contributed by atoms with E-state index in [0.717, 1.165) is 32.3 Å². The second-order valence-electron chi connectivity index (χ2n) is 26.7. The van der Waals surface area contributed by atoms with Crippen molar-refractivity contribution in [1.29, 1.82) is 0 Å². The van der Waals surface area contributed by atoms with E-state index in [-0.39, 0.29) is 56.7 Å². The maximum Gasteiger partial charge on any atom is 0.343 e. The van der Waals surface area contributed by atoms with Crippen LogP contribution < -0.4 is 44.1 Å². The van der Waals surface area contributed by atoms with Gasteiger partial charge in [-0.3, -0.25) is 28.5 Å². The Balaban J connectivity index is 0.691. The molecule has 0 fully saturated rings. The average molecular weight is 1360 g/mol. The molecule has 504 valence electrons. The number of fused-ring (bicyclic) bond motifs is 6. The summed E-state index contributed by atoms with van der Waals surface area (Å²) in [6.45, 7) is 12.9. The van der Waals surface area contributed by atoms with Crippen molar-refractivity contribution < 1.29 is 71.8 Å². The van der Waals surface area contributed by atoms with Crippen LogP contribution in [0.4, 0.5) is 5.69 Å². The number of esters is 1. The lowest BCUT2D eigenvalue weighted by Crippen LogP contribution is -2.41. The van der Waals surface area contributed by atoms with Crippen molar-refractivity contribution in [3.63, 3.8) is 0 Å². The van der Waals surface area contributed by atoms with E-state index in [4.69, 9.17) is 28.2 Å². The summed E-state index contributed by atoms with van der Waals surface area (Å²) >= 11 is 0. The molecule has 13 rings (SSSR count). The highest BCUT2D eigenvalue weighted by molar-refractivity contribution is 7.75. The molecule has 12 aromatic carbocycles. The SMILES string of the molecule is CC(C)(Oc1ccc(OC(C)(C)C(=O)c2cccc(C(=O)C(C)(C)Oc3ccc(NC(=O)c4ccc5cc(O)ccc5c4)cc3)c2)c(P2(=O)Oc3ccccc3-c3ccccc32)c1)C(=O)c1ccc(OC(C)(C)C(=O)c2ccc3cc(OC(=O)c4ccc5cc(O)ccc5c4)ccc3c2)cc1. The maximum atomic E-state index is 16.1. The molecule has 0 bridgehead atoms. The molecular formula is C84H68NO15P. The first-order chi connectivity index (χ1) is 48.1. The third-order valence-electron chi connectivity index (χ3n) is 17.6. The van der Waals surface area contributed by atoms with Crippen LogP contribution >= 0.6 is 7.37 Å². The Kier molecular flexibility index (Phi) is 17.5. The summed E-state index contributed by atoms with van der Waals surface area (Å²) in [5, 5.41) is 27.6. The molecule has 1 aliphatic heterocycles. The Labute approximate surface area is 582 Å². The standard InChI is InChI=1S/C84H68NO15P/c1-81(2,75(88)50-28-35-65(36-29-50)96-83(5,6)78(91)59-23-20-56-48-67(37-30-53(56)42-59)95-80(93)61-25-22-55-47-64(87)34-27-52(55)44-61)98-68-40-41-72(74(49-68)101(94)73-19-12-10-17-70(73)69-16-9-11-18-71(69)100-101)99-84(7,8)77(90)58-15-13-14-57(45-58)76(89)82(3,4)97-66-38-31-62(32-39-66)85-79(92)60-24-21-54-46-63(86)33-26-51(54)43-60/h9-49,86-87H,1-8H3,(H,85,92). The molecule has 101 heavy (non-hydrogen) atoms. The Bertz CT molecular complexity index is 5420. The molecule has 0 radical (unpaired) electrons. The van der Waals surface area contributed by atoms with Crippen molar-refractivity contribution in [2.75, 3.05) is 5.32 Å². The highest BCUT2D eigenvalue weighted by Crippen LogP contribution is 2.56. The van der Waals surface area contributed by atoms with E-state index in [1.54, 1.807) is 262 Å². The lowest BCUT2D eigenvalue weighted by molar-refractivity contribution is 0.0569. The van der Waals surface area contributed by atoms with E-state index in [0.29, 0.717) is 61.8 Å². The number of carbonyl (C=O) groups excluding carboxylic acids is 6. The van der Waals surface area contributed by atoms with Crippen LogP contribution in [0.1, 0.15) is 118 Å². The van der Waals surface area contributed by atoms with Gasteiger partial charge >= 0.3 is 13.3 Å². The number of amides is 1. The number of carbonyl (C=O) groups is 6. The van der Waals surface area contributed by atoms with Gasteiger partial charge in [0.1, 0.15) is 46.0 Å². The first-order valence-electron chi connectivity index (χ1n) is 32.5. The molecule has 1 aliphatic rings. The van der Waals surface area contributed by atoms with Gasteiger partial charge in [0.25, 0.3) is 5.91 Å². The zero-order valence-corrected chi connectivity index (χ0v) is 57.2. The molecule has 3 N–H and O–H groups in total. The summed E-state index contributed by atoms with van der Waals surface area (Å²) in [5.74, 6) is -0.825. The number of nitrogens with one attached hydrogen (secondary N) is 1. The zero-order chi connectivity index (χ0) is 71.3. The lowest BCUT2D eigenvalue weighted by Gasteiger charge is -2.33. The van der Waals surface area contributed by atoms with E-state index < -0.39 is 53.1 Å². The minimum Gasteiger partial charge on any atom is -0.508 e. The van der Waals surface area contributed by atoms with Crippen LogP contribution in [0.2, 0.25) is 0 Å². The fourth-order valence-electron chi connectivity index (χ4n) is 12.3. The molecule has 0 saturated carbocycles. The Morgan fingerprint density at radius 1 is 0.356 bits per heavy atom. The van der Waals surface area contributed by atoms with E-state index >= 15 is 4.57 Å². The van der Waals surface area contributed by atoms with Crippen LogP contribution in [0.3, 0.4) is 0 Å². The highest BCUT2D eigenvalue weighted by atomic mass is 31.2. The van der Waals surface area contributed by atoms with Crippen LogP contribution in [-0.2, 0) is 4.57 Å². The van der Waals surface area contributed by atoms with Gasteiger partial charge in [-0.25, -0.2) is 4.79 Å². The number of hydrogen-bond acceptors (Lipinski definition) is 15. The second kappa shape index (κ2) is 26.3. The smallest absolute Gasteiger partial charge is 0.343 e. The highest BCUT2D eigenvalue weighted by Gasteiger charge is 2.44. The van der Waals surface area contributed by atoms with Crippen molar-refractivity contribution >= 4 is 91.0 Å². The minimum atomic E-state index is -4.21. The van der Waals surface area contributed by atoms with E-state index in [1.165, 1.54) is 18.2 Å². The summed E-state index contributed by atoms with van der Waals surface area (Å²) in [7, 11) is -4.21. The molecule has 1 amide bonds. The van der Waals surface area contributed by atoms with Gasteiger partial charge in [0.15, 0.2) is 22.4 Å². The molecule has 16 nitrogen and oxygen atoms in total. The van der Waals surface area contributed by atoms with Crippen molar-refractivity contribution in [3.05, 3.63) is 282 Å². The third-order valence-corrected chi connectivity index (χ3v) is 20.1. The van der Waals surface area contributed by atoms with E-state index in [9.17, 15) is 39.0 Å². The number of aromatic hydroxyl groups is 2. The van der Waals surface area contributed by atoms with Crippen LogP contribution in [0.5, 0.6) is 46.0 Å². The number of hydrogen-bond donors (Lipinski definition) is 3. The zero-order valence-electron chi connectivity index (χ0n) is 56.3. The van der Waals surface area contributed by atoms with Gasteiger partial charge in [0.2, 0.25) is 23.1 Å². The van der Waals surface area contributed by atoms with E-state index in [1.807, 2.05) is 24.3 Å². The van der Waals surface area contributed by atoms with Gasteiger partial charge in [0.05, 0.1) is 16.2 Å². The van der Waals surface area contributed by atoms with Crippen molar-refractivity contribution in [3.8, 4) is 57.1 Å². The molecule has 12 aromatic rings. The normalized spacial score (nSPS) is 13.6. The van der Waals surface area contributed by atoms with Gasteiger partial charge in [-0.1, -0.05) is 97.1 Å². The predicted octanol–water partition coefficient (Wildman–Crippen LogP) is 17.5. The minimum absolute atomic E-state index is 0.0227. The van der Waals surface area contributed by atoms with Crippen molar-refractivity contribution in [2.45, 2.75) is 77.8 Å². The monoisotopic (exact) mass is 1360 g/mol. The number of Topliss-reactive ketones (excluding diaryl/α,β-unsaturated/α-hetero) is 4. The molecule has 0 aliphatic carbocycles. The van der Waals surface area contributed by atoms with E-state index in [2.05, 4.69) is 5.32 Å². The molecule has 0 spiro atoms. The molecule has 17 heteroatoms.